The first-order chi connectivity index (χ1) is 8.04. The third-order valence-corrected chi connectivity index (χ3v) is 2.77. The molecule has 1 amide bonds. The summed E-state index contributed by atoms with van der Waals surface area (Å²) in [5.41, 5.74) is 7.29. The van der Waals surface area contributed by atoms with Gasteiger partial charge in [0.05, 0.1) is 19.1 Å². The number of rotatable bonds is 5. The molecule has 4 heteroatoms. The number of ether oxygens (including phenoxy) is 1. The lowest BCUT2D eigenvalue weighted by molar-refractivity contribution is -0.131. The molecule has 4 nitrogen and oxygen atoms in total. The molecule has 0 radical (unpaired) electrons. The molecule has 0 fully saturated rings. The molecule has 1 rings (SSSR count). The molecule has 2 N–H and O–H groups in total. The number of nitrogens with zero attached hydrogens (tertiary/aromatic N) is 1. The van der Waals surface area contributed by atoms with Crippen LogP contribution in [0, 0.1) is 0 Å². The quantitative estimate of drug-likeness (QED) is 0.784. The highest BCUT2D eigenvalue weighted by Crippen LogP contribution is 2.09. The van der Waals surface area contributed by atoms with Gasteiger partial charge in [-0.2, -0.15) is 0 Å². The third kappa shape index (κ3) is 4.07. The minimum atomic E-state index is 0.0696. The number of likely N-dealkylation sites (N-methyl/N-ethyl adjacent to an activating group) is 1. The van der Waals surface area contributed by atoms with Crippen molar-refractivity contribution in [3.8, 4) is 0 Å². The topological polar surface area (TPSA) is 55.6 Å². The molecule has 1 aromatic rings. The third-order valence-electron chi connectivity index (χ3n) is 2.77. The number of carbonyl (C=O) groups excluding carboxylic acids is 1. The highest BCUT2D eigenvalue weighted by Gasteiger charge is 2.15. The van der Waals surface area contributed by atoms with E-state index in [0.29, 0.717) is 18.7 Å². The number of methoxy groups -OCH3 is 1. The van der Waals surface area contributed by atoms with Gasteiger partial charge in [0, 0.05) is 19.8 Å². The Balaban J connectivity index is 2.60. The van der Waals surface area contributed by atoms with Gasteiger partial charge < -0.3 is 15.4 Å². The summed E-state index contributed by atoms with van der Waals surface area (Å²) in [4.78, 5) is 13.7. The lowest BCUT2D eigenvalue weighted by atomic mass is 10.1. The van der Waals surface area contributed by atoms with Crippen molar-refractivity contribution in [1.82, 2.24) is 4.90 Å². The first-order valence-corrected chi connectivity index (χ1v) is 5.63. The van der Waals surface area contributed by atoms with E-state index < -0.39 is 0 Å². The maximum Gasteiger partial charge on any atom is 0.227 e. The molecule has 1 atom stereocenters. The second kappa shape index (κ2) is 6.25. The molecule has 0 saturated carbocycles. The second-order valence-corrected chi connectivity index (χ2v) is 4.23. The molecule has 17 heavy (non-hydrogen) atoms. The van der Waals surface area contributed by atoms with Gasteiger partial charge in [-0.15, -0.1) is 0 Å². The van der Waals surface area contributed by atoms with E-state index >= 15 is 0 Å². The number of hydrogen-bond donors (Lipinski definition) is 1. The summed E-state index contributed by atoms with van der Waals surface area (Å²) in [5, 5.41) is 0. The number of amides is 1. The maximum absolute atomic E-state index is 12.0. The first-order valence-electron chi connectivity index (χ1n) is 5.63. The van der Waals surface area contributed by atoms with Crippen LogP contribution in [0.5, 0.6) is 0 Å². The molecular weight excluding hydrogens is 216 g/mol. The molecule has 1 unspecified atom stereocenters. The Morgan fingerprint density at radius 3 is 2.82 bits per heavy atom. The molecule has 94 valence electrons. The molecule has 0 heterocycles. The molecular formula is C13H20N2O2. The van der Waals surface area contributed by atoms with E-state index in [9.17, 15) is 4.79 Å². The molecule has 0 aliphatic carbocycles. The van der Waals surface area contributed by atoms with Gasteiger partial charge in [-0.3, -0.25) is 4.79 Å². The smallest absolute Gasteiger partial charge is 0.227 e. The van der Waals surface area contributed by atoms with Crippen LogP contribution >= 0.6 is 0 Å². The molecule has 0 spiro atoms. The van der Waals surface area contributed by atoms with E-state index in [1.54, 1.807) is 19.1 Å². The number of nitrogens with two attached hydrogens (primary N) is 1. The summed E-state index contributed by atoms with van der Waals surface area (Å²) in [6.45, 7) is 2.50. The predicted octanol–water partition coefficient (Wildman–Crippen LogP) is 1.30. The van der Waals surface area contributed by atoms with Crippen molar-refractivity contribution in [3.05, 3.63) is 29.8 Å². The van der Waals surface area contributed by atoms with Crippen LogP contribution in [0.3, 0.4) is 0 Å². The van der Waals surface area contributed by atoms with Crippen molar-refractivity contribution in [2.24, 2.45) is 0 Å². The largest absolute Gasteiger partial charge is 0.399 e. The summed E-state index contributed by atoms with van der Waals surface area (Å²) in [7, 11) is 3.42. The van der Waals surface area contributed by atoms with Crippen LogP contribution in [0.15, 0.2) is 24.3 Å². The Morgan fingerprint density at radius 2 is 2.24 bits per heavy atom. The summed E-state index contributed by atoms with van der Waals surface area (Å²) in [6.07, 6.45) is 0.371. The Kier molecular flexibility index (Phi) is 4.97. The van der Waals surface area contributed by atoms with E-state index in [0.717, 1.165) is 5.56 Å². The van der Waals surface area contributed by atoms with Gasteiger partial charge >= 0.3 is 0 Å². The fourth-order valence-electron chi connectivity index (χ4n) is 1.60. The molecule has 0 aliphatic heterocycles. The fourth-order valence-corrected chi connectivity index (χ4v) is 1.60. The molecule has 0 aromatic heterocycles. The minimum Gasteiger partial charge on any atom is -0.399 e. The van der Waals surface area contributed by atoms with Crippen molar-refractivity contribution in [3.63, 3.8) is 0 Å². The average Bonchev–Trinajstić information content (AvgIpc) is 2.28. The standard InChI is InChI=1S/C13H20N2O2/c1-10(9-17-3)15(2)13(16)8-11-5-4-6-12(14)7-11/h4-7,10H,8-9,14H2,1-3H3. The van der Waals surface area contributed by atoms with Crippen LogP contribution in [-0.2, 0) is 16.0 Å². The maximum atomic E-state index is 12.0. The van der Waals surface area contributed by atoms with Crippen molar-refractivity contribution in [2.75, 3.05) is 26.5 Å². The van der Waals surface area contributed by atoms with Gasteiger partial charge in [0.2, 0.25) is 5.91 Å². The first kappa shape index (κ1) is 13.5. The summed E-state index contributed by atoms with van der Waals surface area (Å²) in [6, 6.07) is 7.48. The molecule has 0 aliphatic rings. The Bertz CT molecular complexity index is 379. The number of benzene rings is 1. The van der Waals surface area contributed by atoms with Gasteiger partial charge in [0.25, 0.3) is 0 Å². The average molecular weight is 236 g/mol. The van der Waals surface area contributed by atoms with Crippen LogP contribution < -0.4 is 5.73 Å². The van der Waals surface area contributed by atoms with Gasteiger partial charge in [-0.05, 0) is 24.6 Å². The van der Waals surface area contributed by atoms with Crippen LogP contribution in [0.4, 0.5) is 5.69 Å². The summed E-state index contributed by atoms with van der Waals surface area (Å²) >= 11 is 0. The van der Waals surface area contributed by atoms with Gasteiger partial charge in [0.15, 0.2) is 0 Å². The normalized spacial score (nSPS) is 12.2. The Hall–Kier alpha value is -1.55. The van der Waals surface area contributed by atoms with E-state index in [-0.39, 0.29) is 11.9 Å². The second-order valence-electron chi connectivity index (χ2n) is 4.23. The fraction of sp³-hybridized carbons (Fsp3) is 0.462. The monoisotopic (exact) mass is 236 g/mol. The van der Waals surface area contributed by atoms with E-state index in [4.69, 9.17) is 10.5 Å². The van der Waals surface area contributed by atoms with Gasteiger partial charge in [-0.1, -0.05) is 12.1 Å². The van der Waals surface area contributed by atoms with Crippen molar-refractivity contribution in [1.29, 1.82) is 0 Å². The van der Waals surface area contributed by atoms with E-state index in [1.807, 2.05) is 31.2 Å². The van der Waals surface area contributed by atoms with Crippen LogP contribution in [0.25, 0.3) is 0 Å². The summed E-state index contributed by atoms with van der Waals surface area (Å²) in [5.74, 6) is 0.0696. The molecule has 0 bridgehead atoms. The van der Waals surface area contributed by atoms with E-state index in [2.05, 4.69) is 0 Å². The SMILES string of the molecule is COCC(C)N(C)C(=O)Cc1cccc(N)c1. The van der Waals surface area contributed by atoms with Crippen LogP contribution in [-0.4, -0.2) is 37.6 Å². The van der Waals surface area contributed by atoms with E-state index in [1.165, 1.54) is 0 Å². The zero-order chi connectivity index (χ0) is 12.8. The van der Waals surface area contributed by atoms with Crippen molar-refractivity contribution >= 4 is 11.6 Å². The number of nitrogen functional groups attached to an aromatic ring is 1. The minimum absolute atomic E-state index is 0.0696. The Morgan fingerprint density at radius 1 is 1.53 bits per heavy atom. The number of hydrogen-bond acceptors (Lipinski definition) is 3. The zero-order valence-corrected chi connectivity index (χ0v) is 10.6. The lowest BCUT2D eigenvalue weighted by Gasteiger charge is -2.24. The number of anilines is 1. The van der Waals surface area contributed by atoms with Gasteiger partial charge in [0.1, 0.15) is 0 Å². The predicted molar refractivity (Wildman–Crippen MR) is 68.7 cm³/mol. The highest BCUT2D eigenvalue weighted by atomic mass is 16.5. The zero-order valence-electron chi connectivity index (χ0n) is 10.6. The molecule has 0 saturated heterocycles. The lowest BCUT2D eigenvalue weighted by Crippen LogP contribution is -2.38. The molecule has 1 aromatic carbocycles. The summed E-state index contributed by atoms with van der Waals surface area (Å²) < 4.78 is 5.03. The van der Waals surface area contributed by atoms with Crippen molar-refractivity contribution in [2.45, 2.75) is 19.4 Å². The highest BCUT2D eigenvalue weighted by molar-refractivity contribution is 5.79. The number of carbonyl (C=O) groups is 1. The van der Waals surface area contributed by atoms with Crippen molar-refractivity contribution < 1.29 is 9.53 Å². The van der Waals surface area contributed by atoms with Gasteiger partial charge in [-0.25, -0.2) is 0 Å². The van der Waals surface area contributed by atoms with Crippen LogP contribution in [0.1, 0.15) is 12.5 Å². The Labute approximate surface area is 102 Å². The van der Waals surface area contributed by atoms with Crippen LogP contribution in [0.2, 0.25) is 0 Å².